The summed E-state index contributed by atoms with van der Waals surface area (Å²) in [5.74, 6) is -0.441. The largest absolute Gasteiger partial charge is 0.493 e. The van der Waals surface area contributed by atoms with Gasteiger partial charge in [0.1, 0.15) is 11.6 Å². The third-order valence-corrected chi connectivity index (χ3v) is 4.39. The van der Waals surface area contributed by atoms with Gasteiger partial charge in [-0.1, -0.05) is 17.7 Å². The minimum Gasteiger partial charge on any atom is -0.493 e. The van der Waals surface area contributed by atoms with Crippen molar-refractivity contribution in [2.24, 2.45) is 0 Å². The van der Waals surface area contributed by atoms with Gasteiger partial charge in [0.25, 0.3) is 5.91 Å². The molecule has 1 N–H and O–H groups in total. The lowest BCUT2D eigenvalue weighted by Crippen LogP contribution is -2.14. The third kappa shape index (κ3) is 6.09. The average molecular weight is 459 g/mol. The third-order valence-electron chi connectivity index (χ3n) is 3.80. The van der Waals surface area contributed by atoms with Crippen LogP contribution in [-0.4, -0.2) is 32.7 Å². The van der Waals surface area contributed by atoms with Crippen LogP contribution in [-0.2, 0) is 14.3 Å². The molecule has 7 nitrogen and oxygen atoms in total. The fourth-order valence-corrected chi connectivity index (χ4v) is 2.88. The van der Waals surface area contributed by atoms with Crippen LogP contribution in [0.1, 0.15) is 11.1 Å². The topological polar surface area (TPSA) is 97.7 Å². The molecule has 1 amide bonds. The number of hydrogen-bond acceptors (Lipinski definition) is 6. The van der Waals surface area contributed by atoms with Crippen LogP contribution in [0.25, 0.3) is 6.08 Å². The molecule has 29 heavy (non-hydrogen) atoms. The Bertz CT molecular complexity index is 978. The summed E-state index contributed by atoms with van der Waals surface area (Å²) in [5, 5.41) is 12.1. The number of benzene rings is 2. The van der Waals surface area contributed by atoms with Crippen molar-refractivity contribution in [2.45, 2.75) is 6.92 Å². The SMILES string of the molecule is COC(=O)COc1c(Br)cc(C=C(C#N)C(=O)Nc2ccc(C)cc2)cc1OC. The Morgan fingerprint density at radius 2 is 1.90 bits per heavy atom. The van der Waals surface area contributed by atoms with E-state index >= 15 is 0 Å². The van der Waals surface area contributed by atoms with Gasteiger partial charge in [0.05, 0.1) is 18.7 Å². The van der Waals surface area contributed by atoms with E-state index in [4.69, 9.17) is 9.47 Å². The number of hydrogen-bond donors (Lipinski definition) is 1. The molecule has 0 spiro atoms. The molecule has 0 aromatic heterocycles. The maximum absolute atomic E-state index is 12.4. The number of nitrogens with one attached hydrogen (secondary N) is 1. The van der Waals surface area contributed by atoms with Crippen LogP contribution in [0, 0.1) is 18.3 Å². The first kappa shape index (κ1) is 22.0. The fraction of sp³-hybridized carbons (Fsp3) is 0.190. The highest BCUT2D eigenvalue weighted by Gasteiger charge is 2.15. The van der Waals surface area contributed by atoms with Crippen molar-refractivity contribution in [2.75, 3.05) is 26.1 Å². The number of carbonyl (C=O) groups excluding carboxylic acids is 2. The van der Waals surface area contributed by atoms with E-state index in [1.54, 1.807) is 24.3 Å². The molecule has 0 fully saturated rings. The van der Waals surface area contributed by atoms with Crippen molar-refractivity contribution < 1.29 is 23.8 Å². The highest BCUT2D eigenvalue weighted by molar-refractivity contribution is 9.10. The van der Waals surface area contributed by atoms with Crippen LogP contribution in [0.2, 0.25) is 0 Å². The number of halogens is 1. The predicted octanol–water partition coefficient (Wildman–Crippen LogP) is 3.86. The number of aryl methyl sites for hydroxylation is 1. The molecule has 8 heteroatoms. The summed E-state index contributed by atoms with van der Waals surface area (Å²) < 4.78 is 15.8. The first-order valence-electron chi connectivity index (χ1n) is 8.45. The van der Waals surface area contributed by atoms with Crippen LogP contribution >= 0.6 is 15.9 Å². The van der Waals surface area contributed by atoms with Gasteiger partial charge < -0.3 is 19.5 Å². The molecule has 2 aromatic rings. The zero-order chi connectivity index (χ0) is 21.4. The minimum atomic E-state index is -0.539. The Hall–Kier alpha value is -3.31. The zero-order valence-corrected chi connectivity index (χ0v) is 17.7. The number of carbonyl (C=O) groups is 2. The molecule has 0 heterocycles. The Labute approximate surface area is 177 Å². The Morgan fingerprint density at radius 1 is 1.21 bits per heavy atom. The van der Waals surface area contributed by atoms with Crippen molar-refractivity contribution >= 4 is 39.6 Å². The number of ether oxygens (including phenoxy) is 3. The Morgan fingerprint density at radius 3 is 2.48 bits per heavy atom. The van der Waals surface area contributed by atoms with E-state index in [0.29, 0.717) is 27.2 Å². The molecule has 0 bridgehead atoms. The monoisotopic (exact) mass is 458 g/mol. The van der Waals surface area contributed by atoms with Crippen LogP contribution in [0.3, 0.4) is 0 Å². The molecule has 150 valence electrons. The van der Waals surface area contributed by atoms with Crippen LogP contribution in [0.4, 0.5) is 5.69 Å². The molecule has 0 saturated carbocycles. The van der Waals surface area contributed by atoms with Gasteiger partial charge in [0.2, 0.25) is 0 Å². The van der Waals surface area contributed by atoms with Gasteiger partial charge >= 0.3 is 5.97 Å². The second kappa shape index (κ2) is 10.3. The van der Waals surface area contributed by atoms with Crippen LogP contribution in [0.15, 0.2) is 46.4 Å². The summed E-state index contributed by atoms with van der Waals surface area (Å²) in [6.07, 6.45) is 1.43. The lowest BCUT2D eigenvalue weighted by Gasteiger charge is -2.13. The molecular formula is C21H19BrN2O5. The van der Waals surface area contributed by atoms with Crippen molar-refractivity contribution in [1.82, 2.24) is 0 Å². The average Bonchev–Trinajstić information content (AvgIpc) is 2.72. The van der Waals surface area contributed by atoms with Gasteiger partial charge in [0.15, 0.2) is 18.1 Å². The van der Waals surface area contributed by atoms with Crippen molar-refractivity contribution in [3.8, 4) is 17.6 Å². The number of methoxy groups -OCH3 is 2. The summed E-state index contributed by atoms with van der Waals surface area (Å²) >= 11 is 3.35. The van der Waals surface area contributed by atoms with E-state index < -0.39 is 11.9 Å². The van der Waals surface area contributed by atoms with Crippen molar-refractivity contribution in [3.63, 3.8) is 0 Å². The molecule has 0 unspecified atom stereocenters. The number of anilines is 1. The van der Waals surface area contributed by atoms with E-state index in [1.165, 1.54) is 20.3 Å². The summed E-state index contributed by atoms with van der Waals surface area (Å²) in [7, 11) is 2.70. The quantitative estimate of drug-likeness (QED) is 0.384. The smallest absolute Gasteiger partial charge is 0.343 e. The maximum atomic E-state index is 12.4. The number of esters is 1. The highest BCUT2D eigenvalue weighted by Crippen LogP contribution is 2.37. The number of amides is 1. The zero-order valence-electron chi connectivity index (χ0n) is 16.1. The van der Waals surface area contributed by atoms with E-state index in [2.05, 4.69) is 26.0 Å². The highest BCUT2D eigenvalue weighted by atomic mass is 79.9. The molecule has 0 aliphatic carbocycles. The van der Waals surface area contributed by atoms with Gasteiger partial charge in [-0.3, -0.25) is 4.79 Å². The fourth-order valence-electron chi connectivity index (χ4n) is 2.30. The second-order valence-electron chi connectivity index (χ2n) is 5.89. The van der Waals surface area contributed by atoms with Crippen LogP contribution in [0.5, 0.6) is 11.5 Å². The van der Waals surface area contributed by atoms with Gasteiger partial charge in [-0.15, -0.1) is 0 Å². The van der Waals surface area contributed by atoms with E-state index in [1.807, 2.05) is 25.1 Å². The Kier molecular flexibility index (Phi) is 7.80. The van der Waals surface area contributed by atoms with Crippen molar-refractivity contribution in [1.29, 1.82) is 5.26 Å². The molecule has 2 rings (SSSR count). The summed E-state index contributed by atoms with van der Waals surface area (Å²) in [6, 6.07) is 12.4. The minimum absolute atomic E-state index is 0.0808. The second-order valence-corrected chi connectivity index (χ2v) is 6.74. The maximum Gasteiger partial charge on any atom is 0.343 e. The van der Waals surface area contributed by atoms with E-state index in [9.17, 15) is 14.9 Å². The molecule has 0 aliphatic heterocycles. The van der Waals surface area contributed by atoms with Crippen molar-refractivity contribution in [3.05, 3.63) is 57.6 Å². The first-order chi connectivity index (χ1) is 13.9. The number of rotatable bonds is 7. The van der Waals surface area contributed by atoms with E-state index in [-0.39, 0.29) is 12.2 Å². The predicted molar refractivity (Wildman–Crippen MR) is 112 cm³/mol. The molecule has 0 atom stereocenters. The van der Waals surface area contributed by atoms with Gasteiger partial charge in [0, 0.05) is 5.69 Å². The molecule has 0 radical (unpaired) electrons. The molecule has 2 aromatic carbocycles. The molecule has 0 saturated heterocycles. The number of nitriles is 1. The van der Waals surface area contributed by atoms with Crippen LogP contribution < -0.4 is 14.8 Å². The standard InChI is InChI=1S/C21H19BrN2O5/c1-13-4-6-16(7-5-13)24-21(26)15(11-23)8-14-9-17(22)20(18(10-14)27-2)29-12-19(25)28-3/h4-10H,12H2,1-3H3,(H,24,26). The van der Waals surface area contributed by atoms with Gasteiger partial charge in [-0.25, -0.2) is 4.79 Å². The summed E-state index contributed by atoms with van der Waals surface area (Å²) in [5.41, 5.74) is 2.11. The lowest BCUT2D eigenvalue weighted by molar-refractivity contribution is -0.142. The Balaban J connectivity index is 2.26. The van der Waals surface area contributed by atoms with Gasteiger partial charge in [-0.05, 0) is 58.8 Å². The summed E-state index contributed by atoms with van der Waals surface area (Å²) in [4.78, 5) is 23.7. The molecular weight excluding hydrogens is 440 g/mol. The molecule has 0 aliphatic rings. The lowest BCUT2D eigenvalue weighted by atomic mass is 10.1. The van der Waals surface area contributed by atoms with E-state index in [0.717, 1.165) is 5.56 Å². The normalized spacial score (nSPS) is 10.7. The first-order valence-corrected chi connectivity index (χ1v) is 9.24. The number of nitrogens with zero attached hydrogens (tertiary/aromatic N) is 1. The summed E-state index contributed by atoms with van der Waals surface area (Å²) in [6.45, 7) is 1.65. The van der Waals surface area contributed by atoms with Gasteiger partial charge in [-0.2, -0.15) is 5.26 Å².